The Morgan fingerprint density at radius 1 is 1.17 bits per heavy atom. The second kappa shape index (κ2) is 6.22. The molecule has 0 bridgehead atoms. The normalized spacial score (nSPS) is 19.0. The molecular formula is C16H22BFO5. The molecule has 1 fully saturated rings. The standard InChI is InChI=1S/C16H22BFO5/c1-15(2)16(3,4)23-17(22-15)12-10(9-20-5)7-8-11(13(12)18)14(19)21-6/h7-8H,9H2,1-6H3. The monoisotopic (exact) mass is 324 g/mol. The fourth-order valence-corrected chi connectivity index (χ4v) is 2.40. The molecule has 1 aromatic carbocycles. The molecule has 2 rings (SSSR count). The molecule has 5 nitrogen and oxygen atoms in total. The number of hydrogen-bond acceptors (Lipinski definition) is 5. The lowest BCUT2D eigenvalue weighted by atomic mass is 9.74. The number of rotatable bonds is 4. The Labute approximate surface area is 136 Å². The highest BCUT2D eigenvalue weighted by atomic mass is 19.1. The van der Waals surface area contributed by atoms with Crippen LogP contribution in [0.3, 0.4) is 0 Å². The Hall–Kier alpha value is -1.44. The zero-order valence-corrected chi connectivity index (χ0v) is 14.4. The third-order valence-corrected chi connectivity index (χ3v) is 4.46. The molecule has 0 aromatic heterocycles. The molecule has 1 aromatic rings. The molecule has 0 radical (unpaired) electrons. The quantitative estimate of drug-likeness (QED) is 0.627. The van der Waals surface area contributed by atoms with Gasteiger partial charge in [-0.25, -0.2) is 9.18 Å². The highest BCUT2D eigenvalue weighted by molar-refractivity contribution is 6.62. The minimum atomic E-state index is -0.922. The van der Waals surface area contributed by atoms with Crippen LogP contribution in [0.4, 0.5) is 4.39 Å². The number of esters is 1. The average molecular weight is 324 g/mol. The van der Waals surface area contributed by atoms with Crippen LogP contribution in [0.25, 0.3) is 0 Å². The maximum absolute atomic E-state index is 14.9. The van der Waals surface area contributed by atoms with Crippen molar-refractivity contribution >= 4 is 18.6 Å². The molecule has 1 aliphatic rings. The van der Waals surface area contributed by atoms with Gasteiger partial charge in [-0.05, 0) is 39.3 Å². The largest absolute Gasteiger partial charge is 0.498 e. The second-order valence-corrected chi connectivity index (χ2v) is 6.51. The maximum Gasteiger partial charge on any atom is 0.498 e. The molecule has 1 aliphatic heterocycles. The van der Waals surface area contributed by atoms with Crippen molar-refractivity contribution in [2.75, 3.05) is 14.2 Å². The lowest BCUT2D eigenvalue weighted by molar-refractivity contribution is 0.00578. The first-order valence-electron chi connectivity index (χ1n) is 7.38. The summed E-state index contributed by atoms with van der Waals surface area (Å²) in [6.45, 7) is 7.70. The molecular weight excluding hydrogens is 302 g/mol. The van der Waals surface area contributed by atoms with E-state index in [1.165, 1.54) is 20.3 Å². The van der Waals surface area contributed by atoms with E-state index in [2.05, 4.69) is 4.74 Å². The Balaban J connectivity index is 2.53. The number of benzene rings is 1. The van der Waals surface area contributed by atoms with Gasteiger partial charge in [0, 0.05) is 12.6 Å². The second-order valence-electron chi connectivity index (χ2n) is 6.51. The molecule has 0 spiro atoms. The third-order valence-electron chi connectivity index (χ3n) is 4.46. The summed E-state index contributed by atoms with van der Waals surface area (Å²) < 4.78 is 36.5. The Morgan fingerprint density at radius 2 is 1.74 bits per heavy atom. The molecule has 0 amide bonds. The first-order valence-corrected chi connectivity index (χ1v) is 7.38. The number of hydrogen-bond donors (Lipinski definition) is 0. The molecule has 0 atom stereocenters. The van der Waals surface area contributed by atoms with E-state index in [-0.39, 0.29) is 17.6 Å². The van der Waals surface area contributed by atoms with E-state index in [0.717, 1.165) is 0 Å². The predicted molar refractivity (Wildman–Crippen MR) is 84.2 cm³/mol. The Kier molecular flexibility index (Phi) is 4.85. The number of carbonyl (C=O) groups excluding carboxylic acids is 1. The summed E-state index contributed by atoms with van der Waals surface area (Å²) in [7, 11) is 1.80. The van der Waals surface area contributed by atoms with Gasteiger partial charge in [0.05, 0.1) is 30.5 Å². The van der Waals surface area contributed by atoms with Crippen molar-refractivity contribution in [2.24, 2.45) is 0 Å². The van der Waals surface area contributed by atoms with Gasteiger partial charge in [-0.1, -0.05) is 6.07 Å². The average Bonchev–Trinajstić information content (AvgIpc) is 2.67. The van der Waals surface area contributed by atoms with Crippen LogP contribution in [0, 0.1) is 5.82 Å². The predicted octanol–water partition coefficient (Wildman–Crippen LogP) is 2.06. The molecule has 1 heterocycles. The van der Waals surface area contributed by atoms with Gasteiger partial charge in [0.2, 0.25) is 0 Å². The van der Waals surface area contributed by atoms with Crippen molar-refractivity contribution in [3.05, 3.63) is 29.1 Å². The SMILES string of the molecule is COCc1ccc(C(=O)OC)c(F)c1B1OC(C)(C)C(C)(C)O1. The van der Waals surface area contributed by atoms with Gasteiger partial charge in [0.1, 0.15) is 5.82 Å². The Morgan fingerprint density at radius 3 is 2.22 bits per heavy atom. The van der Waals surface area contributed by atoms with Crippen molar-refractivity contribution in [3.8, 4) is 0 Å². The van der Waals surface area contributed by atoms with Crippen LogP contribution in [0.5, 0.6) is 0 Å². The van der Waals surface area contributed by atoms with Crippen molar-refractivity contribution < 1.29 is 28.0 Å². The number of ether oxygens (including phenoxy) is 2. The molecule has 7 heteroatoms. The van der Waals surface area contributed by atoms with Crippen molar-refractivity contribution in [2.45, 2.75) is 45.5 Å². The maximum atomic E-state index is 14.9. The van der Waals surface area contributed by atoms with Crippen molar-refractivity contribution in [3.63, 3.8) is 0 Å². The molecule has 0 aliphatic carbocycles. The summed E-state index contributed by atoms with van der Waals surface area (Å²) in [5.74, 6) is -1.45. The van der Waals surface area contributed by atoms with Gasteiger partial charge in [-0.3, -0.25) is 0 Å². The van der Waals surface area contributed by atoms with Crippen LogP contribution in [0.2, 0.25) is 0 Å². The van der Waals surface area contributed by atoms with Crippen LogP contribution in [-0.2, 0) is 25.4 Å². The zero-order chi connectivity index (χ0) is 17.4. The van der Waals surface area contributed by atoms with E-state index in [1.54, 1.807) is 6.07 Å². The summed E-state index contributed by atoms with van der Waals surface area (Å²) in [6, 6.07) is 3.00. The molecule has 1 saturated heterocycles. The molecule has 0 saturated carbocycles. The fourth-order valence-electron chi connectivity index (χ4n) is 2.40. The van der Waals surface area contributed by atoms with Gasteiger partial charge >= 0.3 is 13.1 Å². The highest BCUT2D eigenvalue weighted by Crippen LogP contribution is 2.37. The molecule has 23 heavy (non-hydrogen) atoms. The van der Waals surface area contributed by atoms with Gasteiger partial charge in [-0.2, -0.15) is 0 Å². The van der Waals surface area contributed by atoms with Gasteiger partial charge < -0.3 is 18.8 Å². The number of carbonyl (C=O) groups is 1. The van der Waals surface area contributed by atoms with E-state index in [4.69, 9.17) is 14.0 Å². The summed E-state index contributed by atoms with van der Waals surface area (Å²) >= 11 is 0. The Bertz CT molecular complexity index is 599. The smallest absolute Gasteiger partial charge is 0.465 e. The summed E-state index contributed by atoms with van der Waals surface area (Å²) in [5, 5.41) is 0. The van der Waals surface area contributed by atoms with E-state index >= 15 is 0 Å². The zero-order valence-electron chi connectivity index (χ0n) is 14.4. The summed E-state index contributed by atoms with van der Waals surface area (Å²) in [4.78, 5) is 11.8. The fraction of sp³-hybridized carbons (Fsp3) is 0.562. The molecule has 0 unspecified atom stereocenters. The van der Waals surface area contributed by atoms with E-state index in [9.17, 15) is 9.18 Å². The topological polar surface area (TPSA) is 54.0 Å². The van der Waals surface area contributed by atoms with E-state index in [1.807, 2.05) is 27.7 Å². The van der Waals surface area contributed by atoms with Gasteiger partial charge in [-0.15, -0.1) is 0 Å². The lowest BCUT2D eigenvalue weighted by Gasteiger charge is -2.32. The number of halogens is 1. The molecule has 0 N–H and O–H groups in total. The first-order chi connectivity index (χ1) is 10.6. The summed E-state index contributed by atoms with van der Waals surface area (Å²) in [6.07, 6.45) is 0. The minimum absolute atomic E-state index is 0.155. The van der Waals surface area contributed by atoms with Crippen LogP contribution in [0.15, 0.2) is 12.1 Å². The van der Waals surface area contributed by atoms with E-state index in [0.29, 0.717) is 5.56 Å². The van der Waals surface area contributed by atoms with E-state index < -0.39 is 30.1 Å². The lowest BCUT2D eigenvalue weighted by Crippen LogP contribution is -2.41. The number of methoxy groups -OCH3 is 2. The highest BCUT2D eigenvalue weighted by Gasteiger charge is 2.53. The van der Waals surface area contributed by atoms with Crippen LogP contribution < -0.4 is 5.46 Å². The van der Waals surface area contributed by atoms with Crippen LogP contribution in [-0.4, -0.2) is 38.5 Å². The molecule has 126 valence electrons. The van der Waals surface area contributed by atoms with Crippen molar-refractivity contribution in [1.82, 2.24) is 0 Å². The first kappa shape index (κ1) is 17.9. The van der Waals surface area contributed by atoms with Gasteiger partial charge in [0.15, 0.2) is 0 Å². The summed E-state index contributed by atoms with van der Waals surface area (Å²) in [5.41, 5.74) is -0.646. The van der Waals surface area contributed by atoms with Crippen LogP contribution in [0.1, 0.15) is 43.6 Å². The third kappa shape index (κ3) is 3.13. The van der Waals surface area contributed by atoms with Gasteiger partial charge in [0.25, 0.3) is 0 Å². The van der Waals surface area contributed by atoms with Crippen molar-refractivity contribution in [1.29, 1.82) is 0 Å². The minimum Gasteiger partial charge on any atom is -0.465 e. The van der Waals surface area contributed by atoms with Crippen LogP contribution >= 0.6 is 0 Å².